The van der Waals surface area contributed by atoms with E-state index in [0.717, 1.165) is 25.3 Å². The Kier molecular flexibility index (Phi) is 4.78. The molecule has 1 unspecified atom stereocenters. The minimum absolute atomic E-state index is 0.0408. The molecule has 1 aliphatic heterocycles. The van der Waals surface area contributed by atoms with Crippen LogP contribution in [0.25, 0.3) is 0 Å². The van der Waals surface area contributed by atoms with Gasteiger partial charge in [0.2, 0.25) is 10.0 Å². The van der Waals surface area contributed by atoms with Gasteiger partial charge in [-0.15, -0.1) is 0 Å². The van der Waals surface area contributed by atoms with E-state index in [1.54, 1.807) is 6.92 Å². The van der Waals surface area contributed by atoms with Crippen LogP contribution in [0, 0.1) is 12.7 Å². The maximum Gasteiger partial charge on any atom is 0.243 e. The van der Waals surface area contributed by atoms with Gasteiger partial charge in [0.25, 0.3) is 0 Å². The zero-order valence-electron chi connectivity index (χ0n) is 11.5. The smallest absolute Gasteiger partial charge is 0.243 e. The summed E-state index contributed by atoms with van der Waals surface area (Å²) in [5, 5.41) is 9.42. The van der Waals surface area contributed by atoms with E-state index in [-0.39, 0.29) is 11.5 Å². The Morgan fingerprint density at radius 1 is 1.35 bits per heavy atom. The van der Waals surface area contributed by atoms with E-state index < -0.39 is 21.9 Å². The van der Waals surface area contributed by atoms with Crippen LogP contribution in [0.15, 0.2) is 23.1 Å². The Morgan fingerprint density at radius 2 is 2.10 bits per heavy atom. The lowest BCUT2D eigenvalue weighted by atomic mass is 10.1. The highest BCUT2D eigenvalue weighted by Crippen LogP contribution is 2.25. The molecule has 0 saturated carbocycles. The normalized spacial score (nSPS) is 21.6. The summed E-state index contributed by atoms with van der Waals surface area (Å²) in [6, 6.07) is 3.54. The maximum absolute atomic E-state index is 13.6. The molecule has 0 aliphatic carbocycles. The first-order valence-corrected chi connectivity index (χ1v) is 8.29. The summed E-state index contributed by atoms with van der Waals surface area (Å²) < 4.78 is 40.2. The molecule has 112 valence electrons. The number of aliphatic hydroxyl groups excluding tert-OH is 1. The molecule has 2 rings (SSSR count). The molecule has 1 atom stereocenters. The van der Waals surface area contributed by atoms with Crippen LogP contribution in [0.2, 0.25) is 0 Å². The number of hydrogen-bond acceptors (Lipinski definition) is 3. The van der Waals surface area contributed by atoms with Gasteiger partial charge in [0, 0.05) is 12.6 Å². The van der Waals surface area contributed by atoms with Crippen molar-refractivity contribution in [2.45, 2.75) is 43.5 Å². The Bertz CT molecular complexity index is 574. The minimum atomic E-state index is -3.75. The molecular weight excluding hydrogens is 281 g/mol. The molecule has 1 fully saturated rings. The van der Waals surface area contributed by atoms with Crippen molar-refractivity contribution in [1.29, 1.82) is 0 Å². The van der Waals surface area contributed by atoms with Gasteiger partial charge in [-0.1, -0.05) is 18.9 Å². The summed E-state index contributed by atoms with van der Waals surface area (Å²) in [6.45, 7) is 1.77. The molecule has 0 aromatic heterocycles. The van der Waals surface area contributed by atoms with Gasteiger partial charge >= 0.3 is 0 Å². The maximum atomic E-state index is 13.6. The number of rotatable bonds is 3. The first-order chi connectivity index (χ1) is 9.46. The van der Waals surface area contributed by atoms with Gasteiger partial charge in [-0.05, 0) is 37.5 Å². The fourth-order valence-electron chi connectivity index (χ4n) is 2.52. The molecule has 0 radical (unpaired) electrons. The predicted octanol–water partition coefficient (Wildman–Crippen LogP) is 2.06. The van der Waals surface area contributed by atoms with Crippen LogP contribution in [-0.4, -0.2) is 37.0 Å². The van der Waals surface area contributed by atoms with Crippen LogP contribution in [-0.2, 0) is 10.0 Å². The molecule has 4 nitrogen and oxygen atoms in total. The standard InChI is InChI=1S/C14H20FNO3S/c1-11-6-7-13(9-14(11)15)20(18,19)16-8-4-2-3-5-12(16)10-17/h6-7,9,12,17H,2-5,8,10H2,1H3. The second-order valence-electron chi connectivity index (χ2n) is 5.21. The monoisotopic (exact) mass is 301 g/mol. The third-order valence-corrected chi connectivity index (χ3v) is 5.73. The lowest BCUT2D eigenvalue weighted by Crippen LogP contribution is -2.42. The Morgan fingerprint density at radius 3 is 2.75 bits per heavy atom. The summed E-state index contributed by atoms with van der Waals surface area (Å²) in [5.41, 5.74) is 0.415. The Balaban J connectivity index is 2.38. The van der Waals surface area contributed by atoms with Crippen molar-refractivity contribution in [2.75, 3.05) is 13.2 Å². The van der Waals surface area contributed by atoms with Gasteiger partial charge in [-0.3, -0.25) is 0 Å². The second-order valence-corrected chi connectivity index (χ2v) is 7.10. The van der Waals surface area contributed by atoms with Gasteiger partial charge in [0.05, 0.1) is 11.5 Å². The van der Waals surface area contributed by atoms with Crippen LogP contribution in [0.1, 0.15) is 31.2 Å². The fraction of sp³-hybridized carbons (Fsp3) is 0.571. The molecule has 0 spiro atoms. The van der Waals surface area contributed by atoms with E-state index in [9.17, 15) is 17.9 Å². The van der Waals surface area contributed by atoms with E-state index in [2.05, 4.69) is 0 Å². The SMILES string of the molecule is Cc1ccc(S(=O)(=O)N2CCCCCC2CO)cc1F. The molecule has 1 aromatic carbocycles. The summed E-state index contributed by atoms with van der Waals surface area (Å²) >= 11 is 0. The number of sulfonamides is 1. The fourth-order valence-corrected chi connectivity index (χ4v) is 4.22. The third kappa shape index (κ3) is 3.02. The van der Waals surface area contributed by atoms with E-state index in [1.807, 2.05) is 0 Å². The van der Waals surface area contributed by atoms with Crippen molar-refractivity contribution >= 4 is 10.0 Å². The zero-order chi connectivity index (χ0) is 14.8. The highest BCUT2D eigenvalue weighted by Gasteiger charge is 2.32. The molecule has 1 aliphatic rings. The summed E-state index contributed by atoms with van der Waals surface area (Å²) in [4.78, 5) is -0.0408. The van der Waals surface area contributed by atoms with Crippen LogP contribution < -0.4 is 0 Å². The molecule has 1 N–H and O–H groups in total. The third-order valence-electron chi connectivity index (χ3n) is 3.78. The van der Waals surface area contributed by atoms with Gasteiger partial charge in [0.15, 0.2) is 0 Å². The molecule has 1 aromatic rings. The molecule has 1 saturated heterocycles. The van der Waals surface area contributed by atoms with E-state index >= 15 is 0 Å². The summed E-state index contributed by atoms with van der Waals surface area (Å²) in [7, 11) is -3.75. The van der Waals surface area contributed by atoms with Crippen LogP contribution in [0.5, 0.6) is 0 Å². The second kappa shape index (κ2) is 6.20. The highest BCUT2D eigenvalue weighted by molar-refractivity contribution is 7.89. The lowest BCUT2D eigenvalue weighted by Gasteiger charge is -2.27. The van der Waals surface area contributed by atoms with Crippen molar-refractivity contribution < 1.29 is 17.9 Å². The Labute approximate surface area is 119 Å². The van der Waals surface area contributed by atoms with Gasteiger partial charge < -0.3 is 5.11 Å². The molecular formula is C14H20FNO3S. The van der Waals surface area contributed by atoms with E-state index in [0.29, 0.717) is 18.5 Å². The van der Waals surface area contributed by atoms with Gasteiger partial charge in [-0.2, -0.15) is 4.31 Å². The number of halogens is 1. The average Bonchev–Trinajstić information content (AvgIpc) is 2.67. The Hall–Kier alpha value is -0.980. The quantitative estimate of drug-likeness (QED) is 0.929. The van der Waals surface area contributed by atoms with Gasteiger partial charge in [0.1, 0.15) is 5.82 Å². The van der Waals surface area contributed by atoms with Crippen molar-refractivity contribution in [1.82, 2.24) is 4.31 Å². The largest absolute Gasteiger partial charge is 0.395 e. The first-order valence-electron chi connectivity index (χ1n) is 6.85. The summed E-state index contributed by atoms with van der Waals surface area (Å²) in [5.74, 6) is -0.526. The summed E-state index contributed by atoms with van der Waals surface area (Å²) in [6.07, 6.45) is 3.26. The van der Waals surface area contributed by atoms with E-state index in [1.165, 1.54) is 16.4 Å². The van der Waals surface area contributed by atoms with Gasteiger partial charge in [-0.25, -0.2) is 12.8 Å². The zero-order valence-corrected chi connectivity index (χ0v) is 12.4. The molecule has 0 amide bonds. The molecule has 20 heavy (non-hydrogen) atoms. The number of aliphatic hydroxyl groups is 1. The molecule has 0 bridgehead atoms. The van der Waals surface area contributed by atoms with Crippen molar-refractivity contribution in [3.63, 3.8) is 0 Å². The molecule has 6 heteroatoms. The predicted molar refractivity (Wildman–Crippen MR) is 74.4 cm³/mol. The minimum Gasteiger partial charge on any atom is -0.395 e. The average molecular weight is 301 g/mol. The lowest BCUT2D eigenvalue weighted by molar-refractivity contribution is 0.186. The highest BCUT2D eigenvalue weighted by atomic mass is 32.2. The van der Waals surface area contributed by atoms with Crippen LogP contribution in [0.4, 0.5) is 4.39 Å². The van der Waals surface area contributed by atoms with Crippen molar-refractivity contribution in [3.05, 3.63) is 29.6 Å². The molecule has 1 heterocycles. The first kappa shape index (κ1) is 15.4. The number of hydrogen-bond donors (Lipinski definition) is 1. The van der Waals surface area contributed by atoms with Crippen LogP contribution >= 0.6 is 0 Å². The number of nitrogens with zero attached hydrogens (tertiary/aromatic N) is 1. The van der Waals surface area contributed by atoms with Crippen LogP contribution in [0.3, 0.4) is 0 Å². The van der Waals surface area contributed by atoms with Crippen molar-refractivity contribution in [3.8, 4) is 0 Å². The number of benzene rings is 1. The topological polar surface area (TPSA) is 57.6 Å². The van der Waals surface area contributed by atoms with E-state index in [4.69, 9.17) is 0 Å². The van der Waals surface area contributed by atoms with Crippen molar-refractivity contribution in [2.24, 2.45) is 0 Å². The number of aryl methyl sites for hydroxylation is 1.